The summed E-state index contributed by atoms with van der Waals surface area (Å²) in [5.74, 6) is 1.96. The lowest BCUT2D eigenvalue weighted by atomic mass is 10.0. The second-order valence-corrected chi connectivity index (χ2v) is 7.50. The minimum atomic E-state index is -0.307. The average molecular weight is 435 g/mol. The van der Waals surface area contributed by atoms with Crippen molar-refractivity contribution in [1.82, 2.24) is 19.2 Å². The van der Waals surface area contributed by atoms with E-state index >= 15 is 0 Å². The number of ether oxygens (including phenoxy) is 2. The van der Waals surface area contributed by atoms with Crippen molar-refractivity contribution in [2.75, 3.05) is 13.3 Å². The van der Waals surface area contributed by atoms with Crippen LogP contribution >= 0.6 is 0 Å². The monoisotopic (exact) mass is 434 g/mol. The van der Waals surface area contributed by atoms with Crippen molar-refractivity contribution in [2.24, 2.45) is 5.73 Å². The number of fused-ring (bicyclic) bond motifs is 4. The van der Waals surface area contributed by atoms with Crippen LogP contribution in [-0.2, 0) is 19.6 Å². The summed E-state index contributed by atoms with van der Waals surface area (Å²) in [4.78, 5) is 25.5. The number of hydrogen-bond acceptors (Lipinski definition) is 6. The first kappa shape index (κ1) is 20.1. The summed E-state index contributed by atoms with van der Waals surface area (Å²) in [5.41, 5.74) is 8.63. The summed E-state index contributed by atoms with van der Waals surface area (Å²) >= 11 is 0. The van der Waals surface area contributed by atoms with Crippen molar-refractivity contribution >= 4 is 5.96 Å². The van der Waals surface area contributed by atoms with Gasteiger partial charge in [0, 0.05) is 6.54 Å². The molecule has 1 atom stereocenters. The van der Waals surface area contributed by atoms with E-state index in [0.717, 1.165) is 22.6 Å². The Morgan fingerprint density at radius 3 is 2.77 bits per heavy atom. The molecule has 3 N–H and O–H groups in total. The second-order valence-electron chi connectivity index (χ2n) is 7.50. The maximum Gasteiger partial charge on any atom is 0.348 e. The Hall–Kier alpha value is -3.14. The van der Waals surface area contributed by atoms with Gasteiger partial charge in [-0.15, -0.1) is 0 Å². The molecule has 4 heterocycles. The highest BCUT2D eigenvalue weighted by molar-refractivity contribution is 5.75. The van der Waals surface area contributed by atoms with Gasteiger partial charge in [0.05, 0.1) is 19.6 Å². The Morgan fingerprint density at radius 1 is 1.23 bits per heavy atom. The molecule has 0 bridgehead atoms. The number of nitrogens with one attached hydrogen (secondary N) is 1. The van der Waals surface area contributed by atoms with E-state index in [4.69, 9.17) is 15.2 Å². The van der Waals surface area contributed by atoms with Gasteiger partial charge < -0.3 is 21.9 Å². The van der Waals surface area contributed by atoms with Gasteiger partial charge in [0.25, 0.3) is 0 Å². The molecular formula is C19H23ClN6O4. The topological polar surface area (TPSA) is 108 Å². The van der Waals surface area contributed by atoms with Gasteiger partial charge in [0.1, 0.15) is 11.7 Å². The van der Waals surface area contributed by atoms with E-state index in [1.807, 2.05) is 29.7 Å². The lowest BCUT2D eigenvalue weighted by Gasteiger charge is -2.32. The zero-order chi connectivity index (χ0) is 20.3. The van der Waals surface area contributed by atoms with Crippen molar-refractivity contribution in [1.29, 1.82) is 0 Å². The molecule has 160 valence electrons. The van der Waals surface area contributed by atoms with Crippen LogP contribution in [0, 0.1) is 0 Å². The molecule has 0 radical (unpaired) electrons. The SMILES string of the molecule is CCn1c(=O)n2n(c1=O)[C@H]1C[N+](Cc3ccc4c(c3)OCO4)=C(N)NC1=C(C)C2.[Cl-]. The molecule has 0 unspecified atom stereocenters. The Kier molecular flexibility index (Phi) is 4.89. The Morgan fingerprint density at radius 2 is 2.00 bits per heavy atom. The maximum atomic E-state index is 12.9. The number of rotatable bonds is 3. The quantitative estimate of drug-likeness (QED) is 0.486. The summed E-state index contributed by atoms with van der Waals surface area (Å²) in [5, 5.41) is 3.27. The largest absolute Gasteiger partial charge is 1.00 e. The van der Waals surface area contributed by atoms with Crippen molar-refractivity contribution in [3.8, 4) is 11.5 Å². The van der Waals surface area contributed by atoms with Gasteiger partial charge in [-0.1, -0.05) is 6.07 Å². The Bertz CT molecular complexity index is 1200. The van der Waals surface area contributed by atoms with Crippen molar-refractivity contribution < 1.29 is 26.5 Å². The van der Waals surface area contributed by atoms with E-state index in [2.05, 4.69) is 5.32 Å². The Labute approximate surface area is 178 Å². The van der Waals surface area contributed by atoms with E-state index in [-0.39, 0.29) is 36.6 Å². The molecule has 5 rings (SSSR count). The first-order chi connectivity index (χ1) is 14.0. The summed E-state index contributed by atoms with van der Waals surface area (Å²) in [6.45, 7) is 5.71. The van der Waals surface area contributed by atoms with Gasteiger partial charge in [-0.3, -0.25) is 10.3 Å². The fraction of sp³-hybridized carbons (Fsp3) is 0.421. The highest BCUT2D eigenvalue weighted by atomic mass is 35.5. The van der Waals surface area contributed by atoms with Gasteiger partial charge in [-0.25, -0.2) is 28.8 Å². The first-order valence-electron chi connectivity index (χ1n) is 9.62. The van der Waals surface area contributed by atoms with E-state index in [1.165, 1.54) is 9.25 Å². The normalized spacial score (nSPS) is 19.2. The van der Waals surface area contributed by atoms with Crippen molar-refractivity contribution in [3.05, 3.63) is 56.0 Å². The van der Waals surface area contributed by atoms with Gasteiger partial charge in [-0.05, 0) is 37.1 Å². The highest BCUT2D eigenvalue weighted by Crippen LogP contribution is 2.33. The van der Waals surface area contributed by atoms with E-state index < -0.39 is 0 Å². The van der Waals surface area contributed by atoms with Crippen LogP contribution in [-0.4, -0.2) is 37.8 Å². The van der Waals surface area contributed by atoms with Crippen LogP contribution in [0.3, 0.4) is 0 Å². The number of guanidine groups is 1. The van der Waals surface area contributed by atoms with Crippen LogP contribution in [0.15, 0.2) is 39.1 Å². The molecule has 3 aliphatic heterocycles. The third-order valence-corrected chi connectivity index (χ3v) is 5.74. The number of nitrogens with two attached hydrogens (primary N) is 1. The Balaban J connectivity index is 0.00000218. The number of benzene rings is 1. The molecule has 2 aromatic rings. The molecule has 3 aliphatic rings. The summed E-state index contributed by atoms with van der Waals surface area (Å²) in [6.07, 6.45) is 0. The summed E-state index contributed by atoms with van der Waals surface area (Å²) in [6, 6.07) is 5.47. The predicted molar refractivity (Wildman–Crippen MR) is 104 cm³/mol. The second kappa shape index (κ2) is 7.28. The maximum absolute atomic E-state index is 12.9. The minimum absolute atomic E-state index is 0. The number of hydrogen-bond donors (Lipinski definition) is 2. The third kappa shape index (κ3) is 2.90. The molecule has 11 heteroatoms. The standard InChI is InChI=1S/C19H22N6O4.ClH/c1-3-23-18(26)24-7-11(2)16-13(25(24)19(23)27)9-22(17(20)21-16)8-12-4-5-14-15(6-12)29-10-28-14;/h4-6,13H,3,7-10H2,1-2H3,(H2,20,21);1H/t13-;/m0./s1. The lowest BCUT2D eigenvalue weighted by Crippen LogP contribution is -3.00. The highest BCUT2D eigenvalue weighted by Gasteiger charge is 2.38. The predicted octanol–water partition coefficient (Wildman–Crippen LogP) is -3.48. The first-order valence-corrected chi connectivity index (χ1v) is 9.62. The van der Waals surface area contributed by atoms with Gasteiger partial charge in [0.15, 0.2) is 11.5 Å². The van der Waals surface area contributed by atoms with Gasteiger partial charge in [0.2, 0.25) is 6.79 Å². The molecular weight excluding hydrogens is 412 g/mol. The molecule has 0 aliphatic carbocycles. The molecule has 0 saturated carbocycles. The van der Waals surface area contributed by atoms with E-state index in [9.17, 15) is 9.59 Å². The molecule has 1 aromatic heterocycles. The summed E-state index contributed by atoms with van der Waals surface area (Å²) < 4.78 is 17.1. The molecule has 0 spiro atoms. The lowest BCUT2D eigenvalue weighted by molar-refractivity contribution is -0.554. The third-order valence-electron chi connectivity index (χ3n) is 5.74. The fourth-order valence-corrected chi connectivity index (χ4v) is 4.26. The van der Waals surface area contributed by atoms with Gasteiger partial charge in [-0.2, -0.15) is 0 Å². The fourth-order valence-electron chi connectivity index (χ4n) is 4.26. The van der Waals surface area contributed by atoms with Crippen LogP contribution < -0.4 is 44.3 Å². The van der Waals surface area contributed by atoms with E-state index in [0.29, 0.717) is 37.9 Å². The zero-order valence-corrected chi connectivity index (χ0v) is 17.5. The molecule has 0 fully saturated rings. The van der Waals surface area contributed by atoms with Crippen molar-refractivity contribution in [3.63, 3.8) is 0 Å². The van der Waals surface area contributed by atoms with Crippen LogP contribution in [0.2, 0.25) is 0 Å². The molecule has 10 nitrogen and oxygen atoms in total. The number of allylic oxidation sites excluding steroid dienone is 1. The smallest absolute Gasteiger partial charge is 0.348 e. The number of aromatic nitrogens is 3. The molecule has 30 heavy (non-hydrogen) atoms. The zero-order valence-electron chi connectivity index (χ0n) is 16.7. The van der Waals surface area contributed by atoms with E-state index in [1.54, 1.807) is 11.6 Å². The van der Waals surface area contributed by atoms with Crippen LogP contribution in [0.5, 0.6) is 11.5 Å². The number of halogens is 1. The average Bonchev–Trinajstić information content (AvgIpc) is 3.25. The number of nitrogens with zero attached hydrogens (tertiary/aromatic N) is 4. The molecule has 0 saturated heterocycles. The molecule has 1 aromatic carbocycles. The van der Waals surface area contributed by atoms with Crippen LogP contribution in [0.25, 0.3) is 0 Å². The van der Waals surface area contributed by atoms with Gasteiger partial charge >= 0.3 is 17.3 Å². The van der Waals surface area contributed by atoms with Crippen LogP contribution in [0.4, 0.5) is 0 Å². The summed E-state index contributed by atoms with van der Waals surface area (Å²) in [7, 11) is 0. The molecule has 0 amide bonds. The van der Waals surface area contributed by atoms with Crippen molar-refractivity contribution in [2.45, 2.75) is 39.5 Å². The van der Waals surface area contributed by atoms with Crippen LogP contribution in [0.1, 0.15) is 25.5 Å². The minimum Gasteiger partial charge on any atom is -1.00 e.